The maximum atomic E-state index is 10.7. The van der Waals surface area contributed by atoms with Crippen molar-refractivity contribution in [3.8, 4) is 0 Å². The Morgan fingerprint density at radius 3 is 2.69 bits per heavy atom. The Morgan fingerprint density at radius 1 is 1.19 bits per heavy atom. The van der Waals surface area contributed by atoms with Gasteiger partial charge in [0.25, 0.3) is 0 Å². The number of rotatable bonds is 3. The average Bonchev–Trinajstić information content (AvgIpc) is 2.30. The zero-order chi connectivity index (χ0) is 11.4. The van der Waals surface area contributed by atoms with Crippen molar-refractivity contribution in [2.45, 2.75) is 0 Å². The Balaban J connectivity index is 2.22. The van der Waals surface area contributed by atoms with E-state index in [2.05, 4.69) is 15.3 Å². The van der Waals surface area contributed by atoms with Gasteiger partial charge in [-0.15, -0.1) is 0 Å². The summed E-state index contributed by atoms with van der Waals surface area (Å²) in [6.45, 7) is 0. The summed E-state index contributed by atoms with van der Waals surface area (Å²) in [5.41, 5.74) is 1.55. The van der Waals surface area contributed by atoms with Gasteiger partial charge in [-0.05, 0) is 18.2 Å². The fraction of sp³-hybridized carbons (Fsp3) is 0. The van der Waals surface area contributed by atoms with Crippen LogP contribution in [0.4, 0.5) is 11.4 Å². The molecule has 0 atom stereocenters. The molecule has 2 heterocycles. The number of anilines is 2. The van der Waals surface area contributed by atoms with E-state index < -0.39 is 5.97 Å². The van der Waals surface area contributed by atoms with Gasteiger partial charge in [-0.25, -0.2) is 4.79 Å². The lowest BCUT2D eigenvalue weighted by molar-refractivity contribution is 0.0696. The quantitative estimate of drug-likeness (QED) is 0.818. The molecule has 0 amide bonds. The predicted molar refractivity (Wildman–Crippen MR) is 58.7 cm³/mol. The van der Waals surface area contributed by atoms with Crippen LogP contribution in [0.25, 0.3) is 0 Å². The van der Waals surface area contributed by atoms with E-state index >= 15 is 0 Å². The molecular formula is C11H9N3O2. The van der Waals surface area contributed by atoms with Gasteiger partial charge in [0.1, 0.15) is 0 Å². The molecule has 0 saturated heterocycles. The van der Waals surface area contributed by atoms with E-state index in [0.29, 0.717) is 5.69 Å². The minimum Gasteiger partial charge on any atom is -0.478 e. The molecule has 2 aromatic heterocycles. The summed E-state index contributed by atoms with van der Waals surface area (Å²) in [7, 11) is 0. The molecule has 16 heavy (non-hydrogen) atoms. The summed E-state index contributed by atoms with van der Waals surface area (Å²) < 4.78 is 0. The summed E-state index contributed by atoms with van der Waals surface area (Å²) in [6, 6.07) is 5.14. The van der Waals surface area contributed by atoms with Crippen LogP contribution in [0.15, 0.2) is 43.0 Å². The standard InChI is InChI=1S/C11H9N3O2/c15-11(16)8-4-10(7-13-5-8)14-9-2-1-3-12-6-9/h1-7,14H,(H,15,16). The van der Waals surface area contributed by atoms with Gasteiger partial charge in [0, 0.05) is 12.4 Å². The molecule has 0 radical (unpaired) electrons. The number of hydrogen-bond acceptors (Lipinski definition) is 4. The molecule has 2 N–H and O–H groups in total. The van der Waals surface area contributed by atoms with E-state index in [1.54, 1.807) is 24.7 Å². The largest absolute Gasteiger partial charge is 0.478 e. The van der Waals surface area contributed by atoms with Crippen LogP contribution < -0.4 is 5.32 Å². The van der Waals surface area contributed by atoms with Crippen LogP contribution in [-0.2, 0) is 0 Å². The van der Waals surface area contributed by atoms with Crippen molar-refractivity contribution < 1.29 is 9.90 Å². The van der Waals surface area contributed by atoms with Gasteiger partial charge in [0.05, 0.1) is 29.3 Å². The first-order chi connectivity index (χ1) is 7.75. The van der Waals surface area contributed by atoms with Crippen LogP contribution in [0.1, 0.15) is 10.4 Å². The first kappa shape index (κ1) is 10.1. The highest BCUT2D eigenvalue weighted by Crippen LogP contribution is 2.15. The number of carboxylic acid groups (broad SMARTS) is 1. The predicted octanol–water partition coefficient (Wildman–Crippen LogP) is 1.92. The molecule has 2 aromatic rings. The van der Waals surface area contributed by atoms with Gasteiger partial charge < -0.3 is 10.4 Å². The smallest absolute Gasteiger partial charge is 0.337 e. The topological polar surface area (TPSA) is 75.1 Å². The fourth-order valence-electron chi connectivity index (χ4n) is 1.23. The van der Waals surface area contributed by atoms with Crippen molar-refractivity contribution in [1.29, 1.82) is 0 Å². The summed E-state index contributed by atoms with van der Waals surface area (Å²) in [4.78, 5) is 18.5. The number of nitrogens with zero attached hydrogens (tertiary/aromatic N) is 2. The molecule has 0 aliphatic carbocycles. The Bertz CT molecular complexity index is 500. The number of aromatic carboxylic acids is 1. The summed E-state index contributed by atoms with van der Waals surface area (Å²) in [5, 5.41) is 11.8. The maximum Gasteiger partial charge on any atom is 0.337 e. The molecule has 5 heteroatoms. The lowest BCUT2D eigenvalue weighted by Gasteiger charge is -2.05. The van der Waals surface area contributed by atoms with Crippen LogP contribution in [0.3, 0.4) is 0 Å². The second kappa shape index (κ2) is 4.39. The Labute approximate surface area is 91.8 Å². The Kier molecular flexibility index (Phi) is 2.77. The van der Waals surface area contributed by atoms with Gasteiger partial charge in [-0.2, -0.15) is 0 Å². The first-order valence-electron chi connectivity index (χ1n) is 4.61. The van der Waals surface area contributed by atoms with Gasteiger partial charge in [-0.1, -0.05) is 0 Å². The number of aromatic nitrogens is 2. The van der Waals surface area contributed by atoms with E-state index in [1.165, 1.54) is 12.3 Å². The molecule has 5 nitrogen and oxygen atoms in total. The van der Waals surface area contributed by atoms with Crippen LogP contribution in [-0.4, -0.2) is 21.0 Å². The summed E-state index contributed by atoms with van der Waals surface area (Å²) >= 11 is 0. The Morgan fingerprint density at radius 2 is 2.00 bits per heavy atom. The van der Waals surface area contributed by atoms with Crippen molar-refractivity contribution >= 4 is 17.3 Å². The maximum absolute atomic E-state index is 10.7. The number of carboxylic acids is 1. The second-order valence-electron chi connectivity index (χ2n) is 3.13. The molecule has 0 unspecified atom stereocenters. The third-order valence-electron chi connectivity index (χ3n) is 1.94. The first-order valence-corrected chi connectivity index (χ1v) is 4.61. The molecule has 0 saturated carbocycles. The van der Waals surface area contributed by atoms with Crippen molar-refractivity contribution in [1.82, 2.24) is 9.97 Å². The zero-order valence-corrected chi connectivity index (χ0v) is 8.29. The van der Waals surface area contributed by atoms with Crippen molar-refractivity contribution in [2.24, 2.45) is 0 Å². The molecule has 0 aliphatic heterocycles. The molecule has 2 rings (SSSR count). The molecule has 80 valence electrons. The number of pyridine rings is 2. The van der Waals surface area contributed by atoms with E-state index in [1.807, 2.05) is 6.07 Å². The monoisotopic (exact) mass is 215 g/mol. The minimum atomic E-state index is -0.998. The lowest BCUT2D eigenvalue weighted by Crippen LogP contribution is -1.99. The highest BCUT2D eigenvalue weighted by Gasteiger charge is 2.03. The second-order valence-corrected chi connectivity index (χ2v) is 3.13. The third-order valence-corrected chi connectivity index (χ3v) is 1.94. The normalized spacial score (nSPS) is 9.75. The summed E-state index contributed by atoms with van der Waals surface area (Å²) in [5.74, 6) is -0.998. The Hall–Kier alpha value is -2.43. The van der Waals surface area contributed by atoms with Crippen LogP contribution in [0.5, 0.6) is 0 Å². The number of carbonyl (C=O) groups is 1. The zero-order valence-electron chi connectivity index (χ0n) is 8.29. The highest BCUT2D eigenvalue weighted by atomic mass is 16.4. The molecular weight excluding hydrogens is 206 g/mol. The van der Waals surface area contributed by atoms with E-state index in [-0.39, 0.29) is 5.56 Å². The van der Waals surface area contributed by atoms with E-state index in [0.717, 1.165) is 5.69 Å². The molecule has 0 spiro atoms. The fourth-order valence-corrected chi connectivity index (χ4v) is 1.23. The van der Waals surface area contributed by atoms with Gasteiger partial charge >= 0.3 is 5.97 Å². The van der Waals surface area contributed by atoms with Crippen LogP contribution in [0.2, 0.25) is 0 Å². The SMILES string of the molecule is O=C(O)c1cncc(Nc2cccnc2)c1. The van der Waals surface area contributed by atoms with Crippen molar-refractivity contribution in [3.05, 3.63) is 48.5 Å². The van der Waals surface area contributed by atoms with E-state index in [4.69, 9.17) is 5.11 Å². The van der Waals surface area contributed by atoms with Crippen molar-refractivity contribution in [3.63, 3.8) is 0 Å². The molecule has 0 bridgehead atoms. The highest BCUT2D eigenvalue weighted by molar-refractivity contribution is 5.88. The average molecular weight is 215 g/mol. The van der Waals surface area contributed by atoms with Gasteiger partial charge in [0.15, 0.2) is 0 Å². The molecule has 0 aliphatic rings. The van der Waals surface area contributed by atoms with Crippen molar-refractivity contribution in [2.75, 3.05) is 5.32 Å². The van der Waals surface area contributed by atoms with Crippen LogP contribution in [0, 0.1) is 0 Å². The van der Waals surface area contributed by atoms with Crippen LogP contribution >= 0.6 is 0 Å². The van der Waals surface area contributed by atoms with E-state index in [9.17, 15) is 4.79 Å². The number of nitrogens with one attached hydrogen (secondary N) is 1. The molecule has 0 fully saturated rings. The lowest BCUT2D eigenvalue weighted by atomic mass is 10.2. The van der Waals surface area contributed by atoms with Gasteiger partial charge in [-0.3, -0.25) is 9.97 Å². The third kappa shape index (κ3) is 2.33. The minimum absolute atomic E-state index is 0.147. The van der Waals surface area contributed by atoms with Gasteiger partial charge in [0.2, 0.25) is 0 Å². The number of hydrogen-bond donors (Lipinski definition) is 2. The summed E-state index contributed by atoms with van der Waals surface area (Å²) in [6.07, 6.45) is 6.17. The molecule has 0 aromatic carbocycles.